The number of rotatable bonds is 3. The highest BCUT2D eigenvalue weighted by Gasteiger charge is 2.44. The molecule has 0 saturated carbocycles. The molecule has 4 rings (SSSR count). The summed E-state index contributed by atoms with van der Waals surface area (Å²) in [5.74, 6) is 0. The van der Waals surface area contributed by atoms with Gasteiger partial charge in [0.1, 0.15) is 0 Å². The quantitative estimate of drug-likeness (QED) is 0.651. The summed E-state index contributed by atoms with van der Waals surface area (Å²) in [7, 11) is -2.18. The van der Waals surface area contributed by atoms with Crippen LogP contribution >= 0.6 is 0 Å². The fourth-order valence-corrected chi connectivity index (χ4v) is 8.01. The number of hydrogen-bond acceptors (Lipinski definition) is 1. The van der Waals surface area contributed by atoms with Gasteiger partial charge in [-0.1, -0.05) is 97.4 Å². The molecule has 1 unspecified atom stereocenters. The highest BCUT2D eigenvalue weighted by Crippen LogP contribution is 2.35. The molecule has 1 aliphatic heterocycles. The first-order chi connectivity index (χ1) is 11.9. The van der Waals surface area contributed by atoms with Crippen molar-refractivity contribution in [2.24, 2.45) is 0 Å². The third-order valence-corrected chi connectivity index (χ3v) is 9.27. The average molecular weight is 331 g/mol. The Morgan fingerprint density at radius 2 is 1.17 bits per heavy atom. The van der Waals surface area contributed by atoms with E-state index in [1.165, 1.54) is 22.4 Å². The molecule has 0 aliphatic carbocycles. The Morgan fingerprint density at radius 3 is 1.71 bits per heavy atom. The van der Waals surface area contributed by atoms with Crippen LogP contribution in [-0.4, -0.2) is 8.32 Å². The van der Waals surface area contributed by atoms with E-state index in [2.05, 4.69) is 91.0 Å². The Hall–Kier alpha value is -2.16. The molecule has 0 aromatic heterocycles. The minimum Gasteiger partial charge on any atom is -0.401 e. The Morgan fingerprint density at radius 1 is 0.667 bits per heavy atom. The molecule has 0 N–H and O–H groups in total. The van der Waals surface area contributed by atoms with Gasteiger partial charge in [0.25, 0.3) is 8.32 Å². The van der Waals surface area contributed by atoms with Crippen LogP contribution < -0.4 is 10.4 Å². The SMILES string of the molecule is c1ccc(C2CCC[Si](c3ccccc3)(c3ccccc3)O2)cc1. The van der Waals surface area contributed by atoms with Crippen LogP contribution in [0.1, 0.15) is 24.5 Å². The van der Waals surface area contributed by atoms with Crippen molar-refractivity contribution in [3.63, 3.8) is 0 Å². The molecule has 1 fully saturated rings. The molecular formula is C22H22OSi. The first-order valence-electron chi connectivity index (χ1n) is 8.72. The van der Waals surface area contributed by atoms with Crippen LogP contribution in [0.25, 0.3) is 0 Å². The van der Waals surface area contributed by atoms with E-state index in [1.54, 1.807) is 0 Å². The summed E-state index contributed by atoms with van der Waals surface area (Å²) in [6.45, 7) is 0. The molecular weight excluding hydrogens is 308 g/mol. The van der Waals surface area contributed by atoms with Crippen molar-refractivity contribution in [3.05, 3.63) is 96.6 Å². The van der Waals surface area contributed by atoms with Gasteiger partial charge in [-0.3, -0.25) is 0 Å². The number of hydrogen-bond donors (Lipinski definition) is 0. The van der Waals surface area contributed by atoms with Gasteiger partial charge >= 0.3 is 0 Å². The van der Waals surface area contributed by atoms with Crippen LogP contribution in [-0.2, 0) is 4.43 Å². The highest BCUT2D eigenvalue weighted by molar-refractivity contribution is 6.97. The standard InChI is InChI=1S/C22H22OSi/c1-4-11-19(12-5-1)22-17-10-18-24(23-22,20-13-6-2-7-14-20)21-15-8-3-9-16-21/h1-9,11-16,22H,10,17-18H2. The zero-order valence-corrected chi connectivity index (χ0v) is 14.8. The van der Waals surface area contributed by atoms with Gasteiger partial charge in [0, 0.05) is 0 Å². The smallest absolute Gasteiger partial charge is 0.256 e. The van der Waals surface area contributed by atoms with Crippen LogP contribution in [0.4, 0.5) is 0 Å². The monoisotopic (exact) mass is 330 g/mol. The van der Waals surface area contributed by atoms with Crippen LogP contribution in [0, 0.1) is 0 Å². The van der Waals surface area contributed by atoms with Crippen molar-refractivity contribution >= 4 is 18.7 Å². The zero-order valence-electron chi connectivity index (χ0n) is 13.8. The third-order valence-electron chi connectivity index (χ3n) is 4.99. The molecule has 1 heterocycles. The second-order valence-corrected chi connectivity index (χ2v) is 10.0. The second kappa shape index (κ2) is 6.76. The molecule has 24 heavy (non-hydrogen) atoms. The first-order valence-corrected chi connectivity index (χ1v) is 10.8. The summed E-state index contributed by atoms with van der Waals surface area (Å²) >= 11 is 0. The molecule has 2 heteroatoms. The van der Waals surface area contributed by atoms with Crippen molar-refractivity contribution in [2.75, 3.05) is 0 Å². The maximum absolute atomic E-state index is 6.97. The van der Waals surface area contributed by atoms with E-state index in [1.807, 2.05) is 0 Å². The predicted molar refractivity (Wildman–Crippen MR) is 102 cm³/mol. The van der Waals surface area contributed by atoms with Gasteiger partial charge < -0.3 is 4.43 Å². The lowest BCUT2D eigenvalue weighted by atomic mass is 10.1. The summed E-state index contributed by atoms with van der Waals surface area (Å²) in [6.07, 6.45) is 2.53. The maximum Gasteiger partial charge on any atom is 0.256 e. The van der Waals surface area contributed by atoms with E-state index < -0.39 is 8.32 Å². The molecule has 120 valence electrons. The maximum atomic E-state index is 6.97. The van der Waals surface area contributed by atoms with E-state index in [4.69, 9.17) is 4.43 Å². The molecule has 1 nitrogen and oxygen atoms in total. The summed E-state index contributed by atoms with van der Waals surface area (Å²) in [4.78, 5) is 0. The normalized spacial score (nSPS) is 19.8. The van der Waals surface area contributed by atoms with Gasteiger partial charge in [-0.2, -0.15) is 0 Å². The molecule has 1 saturated heterocycles. The Labute approximate surface area is 145 Å². The van der Waals surface area contributed by atoms with E-state index >= 15 is 0 Å². The van der Waals surface area contributed by atoms with Gasteiger partial charge in [0.05, 0.1) is 6.10 Å². The Kier molecular flexibility index (Phi) is 4.33. The predicted octanol–water partition coefficient (Wildman–Crippen LogP) is 4.30. The molecule has 0 amide bonds. The largest absolute Gasteiger partial charge is 0.401 e. The molecule has 0 bridgehead atoms. The van der Waals surface area contributed by atoms with Crippen molar-refractivity contribution in [3.8, 4) is 0 Å². The summed E-state index contributed by atoms with van der Waals surface area (Å²) in [5, 5.41) is 2.77. The van der Waals surface area contributed by atoms with Crippen molar-refractivity contribution in [1.29, 1.82) is 0 Å². The van der Waals surface area contributed by atoms with Gasteiger partial charge in [0.2, 0.25) is 0 Å². The lowest BCUT2D eigenvalue weighted by Gasteiger charge is -2.40. The van der Waals surface area contributed by atoms with Gasteiger partial charge in [0.15, 0.2) is 0 Å². The number of benzene rings is 3. The minimum absolute atomic E-state index is 0.201. The lowest BCUT2D eigenvalue weighted by molar-refractivity contribution is 0.170. The molecule has 3 aromatic carbocycles. The van der Waals surface area contributed by atoms with E-state index in [0.29, 0.717) is 0 Å². The fraction of sp³-hybridized carbons (Fsp3) is 0.182. The van der Waals surface area contributed by atoms with Gasteiger partial charge in [-0.25, -0.2) is 0 Å². The summed E-state index contributed by atoms with van der Waals surface area (Å²) in [5.41, 5.74) is 1.31. The van der Waals surface area contributed by atoms with Crippen molar-refractivity contribution in [1.82, 2.24) is 0 Å². The van der Waals surface area contributed by atoms with Crippen LogP contribution in [0.3, 0.4) is 0 Å². The molecule has 1 aliphatic rings. The fourth-order valence-electron chi connectivity index (χ4n) is 3.81. The van der Waals surface area contributed by atoms with E-state index in [-0.39, 0.29) is 6.10 Å². The topological polar surface area (TPSA) is 9.23 Å². The molecule has 0 spiro atoms. The minimum atomic E-state index is -2.18. The van der Waals surface area contributed by atoms with Crippen molar-refractivity contribution in [2.45, 2.75) is 25.0 Å². The van der Waals surface area contributed by atoms with Crippen molar-refractivity contribution < 1.29 is 4.43 Å². The highest BCUT2D eigenvalue weighted by atomic mass is 28.4. The Bertz CT molecular complexity index is 731. The summed E-state index contributed by atoms with van der Waals surface area (Å²) in [6, 6.07) is 33.6. The average Bonchev–Trinajstić information content (AvgIpc) is 2.70. The molecule has 0 radical (unpaired) electrons. The Balaban J connectivity index is 1.79. The molecule has 1 atom stereocenters. The van der Waals surface area contributed by atoms with Crippen LogP contribution in [0.15, 0.2) is 91.0 Å². The van der Waals surface area contributed by atoms with E-state index in [0.717, 1.165) is 12.5 Å². The molecule has 3 aromatic rings. The first kappa shape index (κ1) is 15.4. The summed E-state index contributed by atoms with van der Waals surface area (Å²) < 4.78 is 6.97. The van der Waals surface area contributed by atoms with Crippen LogP contribution in [0.2, 0.25) is 6.04 Å². The zero-order chi connectivity index (χ0) is 16.2. The van der Waals surface area contributed by atoms with E-state index in [9.17, 15) is 0 Å². The van der Waals surface area contributed by atoms with Crippen LogP contribution in [0.5, 0.6) is 0 Å². The second-order valence-electron chi connectivity index (χ2n) is 6.47. The van der Waals surface area contributed by atoms with Gasteiger partial charge in [-0.15, -0.1) is 0 Å². The lowest BCUT2D eigenvalue weighted by Crippen LogP contribution is -2.62. The third kappa shape index (κ3) is 2.83. The van der Waals surface area contributed by atoms with Gasteiger partial charge in [-0.05, 0) is 28.4 Å².